The highest BCUT2D eigenvalue weighted by molar-refractivity contribution is 5.70. The average Bonchev–Trinajstić information content (AvgIpc) is 2.82. The van der Waals surface area contributed by atoms with E-state index >= 15 is 0 Å². The molecule has 0 saturated heterocycles. The highest BCUT2D eigenvalue weighted by Crippen LogP contribution is 2.16. The SMILES string of the molecule is Nc1c(NOCc2ccc([N+](=O)[O-])o2)c(=O)c1=O. The van der Waals surface area contributed by atoms with Crippen molar-refractivity contribution < 1.29 is 14.2 Å². The van der Waals surface area contributed by atoms with Crippen molar-refractivity contribution in [3.63, 3.8) is 0 Å². The molecule has 0 bridgehead atoms. The van der Waals surface area contributed by atoms with Gasteiger partial charge in [-0.15, -0.1) is 0 Å². The number of furan rings is 1. The highest BCUT2D eigenvalue weighted by atomic mass is 16.7. The Morgan fingerprint density at radius 1 is 1.39 bits per heavy atom. The summed E-state index contributed by atoms with van der Waals surface area (Å²) in [6.07, 6.45) is 0. The Morgan fingerprint density at radius 3 is 2.67 bits per heavy atom. The summed E-state index contributed by atoms with van der Waals surface area (Å²) in [5, 5.41) is 10.3. The maximum absolute atomic E-state index is 11.0. The van der Waals surface area contributed by atoms with Gasteiger partial charge in [0.05, 0.1) is 6.07 Å². The molecule has 18 heavy (non-hydrogen) atoms. The summed E-state index contributed by atoms with van der Waals surface area (Å²) < 4.78 is 4.79. The molecule has 0 aliphatic heterocycles. The van der Waals surface area contributed by atoms with Crippen LogP contribution in [0.5, 0.6) is 0 Å². The van der Waals surface area contributed by atoms with E-state index in [4.69, 9.17) is 15.0 Å². The molecule has 94 valence electrons. The van der Waals surface area contributed by atoms with Crippen LogP contribution in [0.15, 0.2) is 26.1 Å². The largest absolute Gasteiger partial charge is 0.433 e. The smallest absolute Gasteiger partial charge is 0.403 e. The van der Waals surface area contributed by atoms with E-state index in [2.05, 4.69) is 5.48 Å². The second-order valence-electron chi connectivity index (χ2n) is 3.33. The van der Waals surface area contributed by atoms with Gasteiger partial charge < -0.3 is 10.2 Å². The van der Waals surface area contributed by atoms with Crippen LogP contribution in [0.25, 0.3) is 0 Å². The number of nitrogens with one attached hydrogen (secondary N) is 1. The Bertz CT molecular complexity index is 666. The van der Waals surface area contributed by atoms with Crippen molar-refractivity contribution in [2.24, 2.45) is 0 Å². The lowest BCUT2D eigenvalue weighted by Gasteiger charge is -2.08. The number of hydrogen-bond acceptors (Lipinski definition) is 8. The van der Waals surface area contributed by atoms with Gasteiger partial charge in [-0.25, -0.2) is 0 Å². The van der Waals surface area contributed by atoms with Crippen molar-refractivity contribution in [1.29, 1.82) is 0 Å². The lowest BCUT2D eigenvalue weighted by atomic mass is 10.2. The molecule has 0 amide bonds. The maximum atomic E-state index is 11.0. The molecule has 0 unspecified atom stereocenters. The van der Waals surface area contributed by atoms with Gasteiger partial charge in [-0.1, -0.05) is 0 Å². The third kappa shape index (κ3) is 1.94. The van der Waals surface area contributed by atoms with Crippen LogP contribution in [0, 0.1) is 10.1 Å². The minimum atomic E-state index is -0.769. The normalized spacial score (nSPS) is 10.7. The molecule has 0 radical (unpaired) electrons. The molecule has 2 aromatic rings. The van der Waals surface area contributed by atoms with Gasteiger partial charge in [0.15, 0.2) is 0 Å². The second kappa shape index (κ2) is 4.30. The number of nitrogen functional groups attached to an aromatic ring is 1. The van der Waals surface area contributed by atoms with E-state index in [9.17, 15) is 19.7 Å². The van der Waals surface area contributed by atoms with Gasteiger partial charge in [-0.2, -0.15) is 0 Å². The van der Waals surface area contributed by atoms with Gasteiger partial charge in [0.25, 0.3) is 10.9 Å². The summed E-state index contributed by atoms with van der Waals surface area (Å²) in [4.78, 5) is 36.2. The van der Waals surface area contributed by atoms with E-state index in [0.29, 0.717) is 0 Å². The lowest BCUT2D eigenvalue weighted by Crippen LogP contribution is -2.37. The molecule has 0 fully saturated rings. The molecular weight excluding hydrogens is 246 g/mol. The monoisotopic (exact) mass is 253 g/mol. The molecule has 0 aliphatic rings. The fourth-order valence-electron chi connectivity index (χ4n) is 1.23. The summed E-state index contributed by atoms with van der Waals surface area (Å²) in [6, 6.07) is 2.52. The van der Waals surface area contributed by atoms with E-state index in [1.807, 2.05) is 0 Å². The molecule has 9 nitrogen and oxygen atoms in total. The molecule has 0 saturated carbocycles. The van der Waals surface area contributed by atoms with Gasteiger partial charge in [-0.05, 0) is 6.07 Å². The molecule has 0 atom stereocenters. The number of nitrogens with two attached hydrogens (primary N) is 1. The van der Waals surface area contributed by atoms with Crippen molar-refractivity contribution >= 4 is 17.3 Å². The molecule has 0 spiro atoms. The zero-order chi connectivity index (χ0) is 13.3. The molecule has 1 aromatic heterocycles. The molecule has 3 N–H and O–H groups in total. The Morgan fingerprint density at radius 2 is 2.11 bits per heavy atom. The van der Waals surface area contributed by atoms with Gasteiger partial charge >= 0.3 is 5.88 Å². The Labute approximate surface area is 98.6 Å². The third-order valence-corrected chi connectivity index (χ3v) is 2.16. The fraction of sp³-hybridized carbons (Fsp3) is 0.111. The Balaban J connectivity index is 1.91. The molecule has 2 rings (SSSR count). The van der Waals surface area contributed by atoms with E-state index < -0.39 is 21.7 Å². The first-order valence-corrected chi connectivity index (χ1v) is 4.70. The lowest BCUT2D eigenvalue weighted by molar-refractivity contribution is -0.402. The predicted molar refractivity (Wildman–Crippen MR) is 59.5 cm³/mol. The van der Waals surface area contributed by atoms with E-state index in [0.717, 1.165) is 0 Å². The standard InChI is InChI=1S/C9H7N3O6/c10-6-7(9(14)8(6)13)11-17-3-4-1-2-5(18-4)12(15)16/h1-2,11H,3,10H2. The summed E-state index contributed by atoms with van der Waals surface area (Å²) >= 11 is 0. The average molecular weight is 253 g/mol. The van der Waals surface area contributed by atoms with E-state index in [-0.39, 0.29) is 23.7 Å². The fourth-order valence-corrected chi connectivity index (χ4v) is 1.23. The summed E-state index contributed by atoms with van der Waals surface area (Å²) in [7, 11) is 0. The van der Waals surface area contributed by atoms with E-state index in [1.54, 1.807) is 0 Å². The number of hydrogen-bond donors (Lipinski definition) is 2. The van der Waals surface area contributed by atoms with Crippen molar-refractivity contribution in [3.05, 3.63) is 48.5 Å². The van der Waals surface area contributed by atoms with Crippen LogP contribution in [-0.2, 0) is 11.4 Å². The van der Waals surface area contributed by atoms with Crippen LogP contribution < -0.4 is 22.1 Å². The third-order valence-electron chi connectivity index (χ3n) is 2.16. The van der Waals surface area contributed by atoms with Gasteiger partial charge in [-0.3, -0.25) is 30.0 Å². The summed E-state index contributed by atoms with van der Waals surface area (Å²) in [5.74, 6) is -0.228. The molecular formula is C9H7N3O6. The van der Waals surface area contributed by atoms with Crippen molar-refractivity contribution in [2.45, 2.75) is 6.61 Å². The predicted octanol–water partition coefficient (Wildman–Crippen LogP) is -0.0903. The molecule has 1 heterocycles. The number of nitrogens with zero attached hydrogens (tertiary/aromatic N) is 1. The summed E-state index contributed by atoms with van der Waals surface area (Å²) in [5.41, 5.74) is 5.56. The first-order chi connectivity index (χ1) is 8.50. The van der Waals surface area contributed by atoms with Crippen molar-refractivity contribution in [1.82, 2.24) is 0 Å². The Kier molecular flexibility index (Phi) is 2.81. The van der Waals surface area contributed by atoms with Gasteiger partial charge in [0.1, 0.15) is 28.7 Å². The minimum absolute atomic E-state index is 0.124. The molecule has 0 aliphatic carbocycles. The second-order valence-corrected chi connectivity index (χ2v) is 3.33. The van der Waals surface area contributed by atoms with Crippen molar-refractivity contribution in [2.75, 3.05) is 11.2 Å². The van der Waals surface area contributed by atoms with Crippen LogP contribution in [0.4, 0.5) is 17.3 Å². The first kappa shape index (κ1) is 11.8. The molecule has 1 aromatic carbocycles. The zero-order valence-corrected chi connectivity index (χ0v) is 8.84. The maximum Gasteiger partial charge on any atom is 0.433 e. The molecule has 9 heteroatoms. The van der Waals surface area contributed by atoms with Gasteiger partial charge in [0, 0.05) is 0 Å². The van der Waals surface area contributed by atoms with Crippen LogP contribution in [-0.4, -0.2) is 4.92 Å². The highest BCUT2D eigenvalue weighted by Gasteiger charge is 2.18. The van der Waals surface area contributed by atoms with Crippen LogP contribution in [0.3, 0.4) is 0 Å². The Hall–Kier alpha value is -2.68. The number of nitro groups is 1. The zero-order valence-electron chi connectivity index (χ0n) is 8.84. The number of anilines is 2. The number of rotatable bonds is 5. The van der Waals surface area contributed by atoms with Crippen molar-refractivity contribution in [3.8, 4) is 0 Å². The van der Waals surface area contributed by atoms with Crippen LogP contribution in [0.2, 0.25) is 0 Å². The van der Waals surface area contributed by atoms with Gasteiger partial charge in [0.2, 0.25) is 0 Å². The quantitative estimate of drug-likeness (QED) is 0.428. The van der Waals surface area contributed by atoms with Crippen LogP contribution >= 0.6 is 0 Å². The minimum Gasteiger partial charge on any atom is -0.403 e. The topological polar surface area (TPSA) is 138 Å². The van der Waals surface area contributed by atoms with E-state index in [1.165, 1.54) is 12.1 Å². The van der Waals surface area contributed by atoms with Crippen LogP contribution in [0.1, 0.15) is 5.76 Å². The summed E-state index contributed by atoms with van der Waals surface area (Å²) in [6.45, 7) is -0.161. The first-order valence-electron chi connectivity index (χ1n) is 4.70.